The van der Waals surface area contributed by atoms with Crippen LogP contribution in [0.3, 0.4) is 0 Å². The Morgan fingerprint density at radius 3 is 2.14 bits per heavy atom. The van der Waals surface area contributed by atoms with E-state index in [0.717, 1.165) is 16.5 Å². The minimum absolute atomic E-state index is 0.00900. The number of guanidine groups is 1. The quantitative estimate of drug-likeness (QED) is 0.0345. The highest BCUT2D eigenvalue weighted by Gasteiger charge is 2.31. The van der Waals surface area contributed by atoms with Gasteiger partial charge in [-0.2, -0.15) is 0 Å². The van der Waals surface area contributed by atoms with Gasteiger partial charge >= 0.3 is 0 Å². The van der Waals surface area contributed by atoms with Gasteiger partial charge in [0.1, 0.15) is 24.2 Å². The molecule has 3 heterocycles. The van der Waals surface area contributed by atoms with E-state index in [0.29, 0.717) is 11.3 Å². The standard InChI is InChI=1S/C33H42N12O5/c1-19(46)42-28(14-22-17-38-18-41-22)32(50)45-27(12-20-6-4-10-37-15-20)31(49)43-25(9-5-11-39-33(35)36)30(48)44-26(29(34)47)13-21-16-40-24-8-3-2-7-23(21)24/h2-4,6-8,10,15-18,25-28,40H,5,9,11-14H2,1H3,(H2,34,47)(H,38,41)(H,42,46)(H,43,49)(H,44,48)(H,45,50)(H4,35,36,39)/t25-,26-,27-,28-/m0/s1. The number of fused-ring (bicyclic) bond motifs is 1. The topological polar surface area (TPSA) is 281 Å². The van der Waals surface area contributed by atoms with Crippen molar-refractivity contribution in [1.29, 1.82) is 0 Å². The molecular formula is C33H42N12O5. The molecule has 17 nitrogen and oxygen atoms in total. The molecule has 0 radical (unpaired) electrons. The third kappa shape index (κ3) is 10.9. The van der Waals surface area contributed by atoms with Crippen LogP contribution in [0, 0.1) is 0 Å². The number of hydrogen-bond acceptors (Lipinski definition) is 8. The van der Waals surface area contributed by atoms with E-state index in [2.05, 4.69) is 46.2 Å². The molecule has 0 saturated carbocycles. The molecule has 0 aliphatic rings. The predicted molar refractivity (Wildman–Crippen MR) is 185 cm³/mol. The lowest BCUT2D eigenvalue weighted by atomic mass is 10.0. The largest absolute Gasteiger partial charge is 0.370 e. The van der Waals surface area contributed by atoms with Crippen molar-refractivity contribution >= 4 is 46.4 Å². The number of nitrogens with zero attached hydrogens (tertiary/aromatic N) is 3. The number of nitrogens with one attached hydrogen (secondary N) is 6. The third-order valence-electron chi connectivity index (χ3n) is 7.81. The molecule has 0 fully saturated rings. The van der Waals surface area contributed by atoms with E-state index in [-0.39, 0.29) is 44.6 Å². The van der Waals surface area contributed by atoms with E-state index in [1.807, 2.05) is 24.3 Å². The van der Waals surface area contributed by atoms with Crippen LogP contribution in [0.4, 0.5) is 0 Å². The zero-order valence-electron chi connectivity index (χ0n) is 27.5. The van der Waals surface area contributed by atoms with Gasteiger partial charge in [0.25, 0.3) is 0 Å². The van der Waals surface area contributed by atoms with Crippen LogP contribution in [-0.2, 0) is 43.2 Å². The summed E-state index contributed by atoms with van der Waals surface area (Å²) >= 11 is 0. The fraction of sp³-hybridized carbons (Fsp3) is 0.333. The second-order valence-corrected chi connectivity index (χ2v) is 11.7. The molecule has 5 amide bonds. The van der Waals surface area contributed by atoms with Crippen molar-refractivity contribution < 1.29 is 24.0 Å². The van der Waals surface area contributed by atoms with Crippen LogP contribution in [0.15, 0.2) is 72.5 Å². The SMILES string of the molecule is CC(=O)N[C@@H](Cc1cnc[nH]1)C(=O)N[C@@H](Cc1cccnc1)C(=O)N[C@@H](CCCN=C(N)N)C(=O)N[C@@H](Cc1c[nH]c2ccccc12)C(N)=O. The molecule has 3 aromatic heterocycles. The Morgan fingerprint density at radius 1 is 0.780 bits per heavy atom. The maximum Gasteiger partial charge on any atom is 0.243 e. The number of aromatic amines is 2. The molecule has 4 aromatic rings. The first kappa shape index (κ1) is 36.6. The van der Waals surface area contributed by atoms with Crippen molar-refractivity contribution in [2.75, 3.05) is 6.54 Å². The Balaban J connectivity index is 1.55. The van der Waals surface area contributed by atoms with E-state index in [1.54, 1.807) is 30.7 Å². The number of nitrogens with two attached hydrogens (primary N) is 3. The number of amides is 5. The van der Waals surface area contributed by atoms with Crippen molar-refractivity contribution in [3.63, 3.8) is 0 Å². The lowest BCUT2D eigenvalue weighted by Gasteiger charge is -2.26. The van der Waals surface area contributed by atoms with Gasteiger partial charge in [0, 0.05) is 74.1 Å². The lowest BCUT2D eigenvalue weighted by Crippen LogP contribution is -2.59. The molecule has 17 heteroatoms. The Hall–Kier alpha value is -6.26. The summed E-state index contributed by atoms with van der Waals surface area (Å²) in [6.07, 6.45) is 8.36. The first-order valence-electron chi connectivity index (χ1n) is 15.9. The number of aromatic nitrogens is 4. The Morgan fingerprint density at radius 2 is 1.48 bits per heavy atom. The van der Waals surface area contributed by atoms with Gasteiger partial charge in [0.05, 0.1) is 6.33 Å². The number of H-pyrrole nitrogens is 2. The highest BCUT2D eigenvalue weighted by atomic mass is 16.2. The van der Waals surface area contributed by atoms with E-state index < -0.39 is 53.7 Å². The van der Waals surface area contributed by atoms with E-state index in [9.17, 15) is 24.0 Å². The van der Waals surface area contributed by atoms with Gasteiger partial charge in [0.2, 0.25) is 29.5 Å². The number of hydrogen-bond donors (Lipinski definition) is 9. The molecule has 0 aliphatic carbocycles. The Labute approximate surface area is 287 Å². The molecule has 0 unspecified atom stereocenters. The first-order valence-corrected chi connectivity index (χ1v) is 15.9. The number of pyridine rings is 1. The van der Waals surface area contributed by atoms with Gasteiger partial charge in [-0.3, -0.25) is 33.9 Å². The van der Waals surface area contributed by atoms with Crippen molar-refractivity contribution in [3.05, 3.63) is 84.3 Å². The van der Waals surface area contributed by atoms with Gasteiger partial charge < -0.3 is 48.4 Å². The van der Waals surface area contributed by atoms with Crippen molar-refractivity contribution in [2.45, 2.75) is 63.2 Å². The predicted octanol–water partition coefficient (Wildman–Crippen LogP) is -1.19. The summed E-state index contributed by atoms with van der Waals surface area (Å²) < 4.78 is 0. The highest BCUT2D eigenvalue weighted by molar-refractivity contribution is 5.95. The van der Waals surface area contributed by atoms with E-state index in [4.69, 9.17) is 17.2 Å². The number of aliphatic imine (C=N–C) groups is 1. The number of para-hydroxylation sites is 1. The summed E-state index contributed by atoms with van der Waals surface area (Å²) in [5.41, 5.74) is 19.5. The smallest absolute Gasteiger partial charge is 0.243 e. The molecule has 264 valence electrons. The van der Waals surface area contributed by atoms with Gasteiger partial charge in [-0.1, -0.05) is 24.3 Å². The second-order valence-electron chi connectivity index (χ2n) is 11.7. The zero-order chi connectivity index (χ0) is 36.0. The number of imidazole rings is 1. The molecule has 1 aromatic carbocycles. The number of rotatable bonds is 18. The average Bonchev–Trinajstić information content (AvgIpc) is 3.75. The van der Waals surface area contributed by atoms with Crippen LogP contribution >= 0.6 is 0 Å². The summed E-state index contributed by atoms with van der Waals surface area (Å²) in [7, 11) is 0. The average molecular weight is 687 g/mol. The summed E-state index contributed by atoms with van der Waals surface area (Å²) in [5, 5.41) is 11.6. The first-order chi connectivity index (χ1) is 24.0. The highest BCUT2D eigenvalue weighted by Crippen LogP contribution is 2.19. The van der Waals surface area contributed by atoms with Gasteiger partial charge in [-0.05, 0) is 36.1 Å². The van der Waals surface area contributed by atoms with Crippen LogP contribution in [0.5, 0.6) is 0 Å². The van der Waals surface area contributed by atoms with Crippen LogP contribution in [0.25, 0.3) is 10.9 Å². The van der Waals surface area contributed by atoms with Gasteiger partial charge in [0.15, 0.2) is 5.96 Å². The fourth-order valence-electron chi connectivity index (χ4n) is 5.37. The summed E-state index contributed by atoms with van der Waals surface area (Å²) in [6, 6.07) is 6.39. The van der Waals surface area contributed by atoms with E-state index >= 15 is 0 Å². The van der Waals surface area contributed by atoms with Crippen LogP contribution in [0.2, 0.25) is 0 Å². The third-order valence-corrected chi connectivity index (χ3v) is 7.81. The van der Waals surface area contributed by atoms with E-state index in [1.165, 1.54) is 19.4 Å². The lowest BCUT2D eigenvalue weighted by molar-refractivity contribution is -0.134. The Kier molecular flexibility index (Phi) is 13.0. The molecule has 0 saturated heterocycles. The zero-order valence-corrected chi connectivity index (χ0v) is 27.5. The molecular weight excluding hydrogens is 644 g/mol. The molecule has 12 N–H and O–H groups in total. The normalized spacial score (nSPS) is 13.3. The summed E-state index contributed by atoms with van der Waals surface area (Å²) in [6.45, 7) is 1.44. The minimum atomic E-state index is -1.20. The number of primary amides is 1. The summed E-state index contributed by atoms with van der Waals surface area (Å²) in [5.74, 6) is -3.36. The molecule has 4 atom stereocenters. The number of benzene rings is 1. The minimum Gasteiger partial charge on any atom is -0.370 e. The number of carbonyl (C=O) groups excluding carboxylic acids is 5. The van der Waals surface area contributed by atoms with Crippen LogP contribution in [-0.4, -0.2) is 86.1 Å². The maximum absolute atomic E-state index is 13.9. The molecule has 50 heavy (non-hydrogen) atoms. The van der Waals surface area contributed by atoms with Crippen molar-refractivity contribution in [3.8, 4) is 0 Å². The molecule has 0 spiro atoms. The number of carbonyl (C=O) groups is 5. The molecule has 4 rings (SSSR count). The van der Waals surface area contributed by atoms with Crippen LogP contribution in [0.1, 0.15) is 36.6 Å². The Bertz CT molecular complexity index is 1790. The molecule has 0 bridgehead atoms. The van der Waals surface area contributed by atoms with Crippen molar-refractivity contribution in [2.24, 2.45) is 22.2 Å². The fourth-order valence-corrected chi connectivity index (χ4v) is 5.37. The summed E-state index contributed by atoms with van der Waals surface area (Å²) in [4.78, 5) is 83.8. The maximum atomic E-state index is 13.9. The van der Waals surface area contributed by atoms with Crippen LogP contribution < -0.4 is 38.5 Å². The monoisotopic (exact) mass is 686 g/mol. The van der Waals surface area contributed by atoms with Gasteiger partial charge in [-0.25, -0.2) is 4.98 Å². The molecule has 0 aliphatic heterocycles. The second kappa shape index (κ2) is 17.8. The van der Waals surface area contributed by atoms with Crippen molar-refractivity contribution in [1.82, 2.24) is 41.2 Å². The van der Waals surface area contributed by atoms with Gasteiger partial charge in [-0.15, -0.1) is 0 Å².